The molecule has 0 aromatic rings. The molecular weight excluding hydrogens is 240 g/mol. The molecule has 6 unspecified atom stereocenters. The molecule has 6 atom stereocenters. The second-order valence-electron chi connectivity index (χ2n) is 9.62. The lowest BCUT2D eigenvalue weighted by Crippen LogP contribution is -2.31. The summed E-state index contributed by atoms with van der Waals surface area (Å²) in [5.74, 6) is 5.78. The van der Waals surface area contributed by atoms with E-state index in [9.17, 15) is 0 Å². The molecule has 0 nitrogen and oxygen atoms in total. The molecule has 0 radical (unpaired) electrons. The quantitative estimate of drug-likeness (QED) is 0.567. The predicted octanol–water partition coefficient (Wildman–Crippen LogP) is 5.69. The molecule has 0 aromatic carbocycles. The van der Waals surface area contributed by atoms with E-state index < -0.39 is 0 Å². The second kappa shape index (κ2) is 4.14. The van der Waals surface area contributed by atoms with E-state index in [1.165, 1.54) is 38.5 Å². The molecule has 4 aliphatic rings. The van der Waals surface area contributed by atoms with E-state index in [1.807, 2.05) is 0 Å². The predicted molar refractivity (Wildman–Crippen MR) is 85.3 cm³/mol. The van der Waals surface area contributed by atoms with Gasteiger partial charge in [0.25, 0.3) is 0 Å². The first-order valence-electron chi connectivity index (χ1n) is 9.09. The molecule has 4 rings (SSSR count). The first-order valence-corrected chi connectivity index (χ1v) is 9.09. The van der Waals surface area contributed by atoms with Gasteiger partial charge in [-0.3, -0.25) is 0 Å². The van der Waals surface area contributed by atoms with Gasteiger partial charge in [0.05, 0.1) is 0 Å². The maximum Gasteiger partial charge on any atom is -0.0151 e. The van der Waals surface area contributed by atoms with E-state index >= 15 is 0 Å². The van der Waals surface area contributed by atoms with Crippen LogP contribution in [-0.2, 0) is 0 Å². The zero-order valence-corrected chi connectivity index (χ0v) is 13.9. The highest BCUT2D eigenvalue weighted by atomic mass is 14.6. The van der Waals surface area contributed by atoms with Crippen molar-refractivity contribution in [3.63, 3.8) is 0 Å². The maximum absolute atomic E-state index is 2.69. The summed E-state index contributed by atoms with van der Waals surface area (Å²) >= 11 is 0. The highest BCUT2D eigenvalue weighted by Gasteiger charge is 2.53. The van der Waals surface area contributed by atoms with Crippen LogP contribution in [0, 0.1) is 46.3 Å². The number of hydrogen-bond acceptors (Lipinski definition) is 0. The molecule has 4 bridgehead atoms. The zero-order chi connectivity index (χ0) is 14.1. The van der Waals surface area contributed by atoms with Crippen molar-refractivity contribution in [2.24, 2.45) is 46.3 Å². The Hall–Kier alpha value is -0.260. The fraction of sp³-hybridized carbons (Fsp3) is 0.900. The molecule has 0 aliphatic heterocycles. The molecular formula is C20H32. The van der Waals surface area contributed by atoms with Gasteiger partial charge in [-0.05, 0) is 84.9 Å². The van der Waals surface area contributed by atoms with Crippen LogP contribution in [0.5, 0.6) is 0 Å². The SMILES string of the molecule is CC1(C)C2CCC(C2)C1C=CC1C2CCC(C2)C1(C)C. The Balaban J connectivity index is 1.55. The average molecular weight is 272 g/mol. The molecule has 0 N–H and O–H groups in total. The third-order valence-corrected chi connectivity index (χ3v) is 8.31. The van der Waals surface area contributed by atoms with Crippen LogP contribution < -0.4 is 0 Å². The summed E-state index contributed by atoms with van der Waals surface area (Å²) in [5, 5.41) is 0. The van der Waals surface area contributed by atoms with Crippen LogP contribution in [0.25, 0.3) is 0 Å². The Bertz CT molecular complexity index is 387. The fourth-order valence-corrected chi connectivity index (χ4v) is 6.85. The molecule has 0 amide bonds. The molecule has 112 valence electrons. The van der Waals surface area contributed by atoms with Gasteiger partial charge < -0.3 is 0 Å². The van der Waals surface area contributed by atoms with Gasteiger partial charge in [0.2, 0.25) is 0 Å². The van der Waals surface area contributed by atoms with Crippen LogP contribution in [-0.4, -0.2) is 0 Å². The van der Waals surface area contributed by atoms with Gasteiger partial charge in [0, 0.05) is 0 Å². The highest BCUT2D eigenvalue weighted by molar-refractivity contribution is 5.14. The molecule has 0 heterocycles. The van der Waals surface area contributed by atoms with Crippen molar-refractivity contribution in [1.82, 2.24) is 0 Å². The molecule has 0 saturated heterocycles. The van der Waals surface area contributed by atoms with Gasteiger partial charge in [0.15, 0.2) is 0 Å². The largest absolute Gasteiger partial charge is 0.0843 e. The van der Waals surface area contributed by atoms with Crippen molar-refractivity contribution in [1.29, 1.82) is 0 Å². The third-order valence-electron chi connectivity index (χ3n) is 8.31. The Morgan fingerprint density at radius 1 is 0.650 bits per heavy atom. The third kappa shape index (κ3) is 1.66. The second-order valence-corrected chi connectivity index (χ2v) is 9.62. The molecule has 4 fully saturated rings. The van der Waals surface area contributed by atoms with Gasteiger partial charge in [0.1, 0.15) is 0 Å². The topological polar surface area (TPSA) is 0 Å². The van der Waals surface area contributed by atoms with Crippen molar-refractivity contribution in [2.45, 2.75) is 66.2 Å². The molecule has 0 aromatic heterocycles. The lowest BCUT2D eigenvalue weighted by molar-refractivity contribution is 0.147. The minimum Gasteiger partial charge on any atom is -0.0843 e. The zero-order valence-electron chi connectivity index (χ0n) is 13.9. The summed E-state index contributed by atoms with van der Waals surface area (Å²) in [6.07, 6.45) is 14.4. The van der Waals surface area contributed by atoms with Crippen molar-refractivity contribution in [3.05, 3.63) is 12.2 Å². The van der Waals surface area contributed by atoms with Gasteiger partial charge in [-0.1, -0.05) is 39.8 Å². The van der Waals surface area contributed by atoms with Crippen LogP contribution in [0.15, 0.2) is 12.2 Å². The summed E-state index contributed by atoms with van der Waals surface area (Å²) in [7, 11) is 0. The van der Waals surface area contributed by atoms with E-state index in [0.717, 1.165) is 35.5 Å². The summed E-state index contributed by atoms with van der Waals surface area (Å²) in [4.78, 5) is 0. The molecule has 4 saturated carbocycles. The Morgan fingerprint density at radius 2 is 1.05 bits per heavy atom. The lowest BCUT2D eigenvalue weighted by atomic mass is 9.66. The maximum atomic E-state index is 2.69. The van der Waals surface area contributed by atoms with E-state index in [-0.39, 0.29) is 0 Å². The van der Waals surface area contributed by atoms with Gasteiger partial charge in [-0.15, -0.1) is 0 Å². The normalized spacial score (nSPS) is 51.4. The van der Waals surface area contributed by atoms with E-state index in [0.29, 0.717) is 10.8 Å². The number of allylic oxidation sites excluding steroid dienone is 2. The van der Waals surface area contributed by atoms with Crippen molar-refractivity contribution < 1.29 is 0 Å². The van der Waals surface area contributed by atoms with Crippen molar-refractivity contribution >= 4 is 0 Å². The van der Waals surface area contributed by atoms with Gasteiger partial charge in [-0.2, -0.15) is 0 Å². The number of hydrogen-bond donors (Lipinski definition) is 0. The molecule has 20 heavy (non-hydrogen) atoms. The molecule has 4 aliphatic carbocycles. The number of fused-ring (bicyclic) bond motifs is 4. The van der Waals surface area contributed by atoms with Crippen LogP contribution in [0.1, 0.15) is 66.2 Å². The van der Waals surface area contributed by atoms with Gasteiger partial charge in [-0.25, -0.2) is 0 Å². The monoisotopic (exact) mass is 272 g/mol. The fourth-order valence-electron chi connectivity index (χ4n) is 6.85. The lowest BCUT2D eigenvalue weighted by Gasteiger charge is -2.39. The van der Waals surface area contributed by atoms with Crippen LogP contribution >= 0.6 is 0 Å². The highest BCUT2D eigenvalue weighted by Crippen LogP contribution is 2.62. The summed E-state index contributed by atoms with van der Waals surface area (Å²) < 4.78 is 0. The summed E-state index contributed by atoms with van der Waals surface area (Å²) in [5.41, 5.74) is 1.14. The van der Waals surface area contributed by atoms with Gasteiger partial charge >= 0.3 is 0 Å². The minimum absolute atomic E-state index is 0.571. The summed E-state index contributed by atoms with van der Waals surface area (Å²) in [6.45, 7) is 10.2. The Kier molecular flexibility index (Phi) is 2.78. The first-order chi connectivity index (χ1) is 9.40. The van der Waals surface area contributed by atoms with Crippen LogP contribution in [0.2, 0.25) is 0 Å². The summed E-state index contributed by atoms with van der Waals surface area (Å²) in [6, 6.07) is 0. The van der Waals surface area contributed by atoms with E-state index in [1.54, 1.807) is 0 Å². The van der Waals surface area contributed by atoms with Crippen LogP contribution in [0.3, 0.4) is 0 Å². The van der Waals surface area contributed by atoms with Crippen LogP contribution in [0.4, 0.5) is 0 Å². The Labute approximate surface area is 125 Å². The first kappa shape index (κ1) is 13.4. The molecule has 0 spiro atoms. The van der Waals surface area contributed by atoms with Crippen molar-refractivity contribution in [2.75, 3.05) is 0 Å². The van der Waals surface area contributed by atoms with E-state index in [4.69, 9.17) is 0 Å². The average Bonchev–Trinajstić information content (AvgIpc) is 3.07. The number of rotatable bonds is 2. The van der Waals surface area contributed by atoms with E-state index in [2.05, 4.69) is 39.8 Å². The van der Waals surface area contributed by atoms with Crippen molar-refractivity contribution in [3.8, 4) is 0 Å². The smallest absolute Gasteiger partial charge is 0.0151 e. The minimum atomic E-state index is 0.571. The molecule has 0 heteroatoms. The standard InChI is InChI=1S/C20H32/c1-19(2)15-7-5-13(11-15)17(19)9-10-18-14-6-8-16(12-14)20(18,3)4/h9-10,13-18H,5-8,11-12H2,1-4H3. The Morgan fingerprint density at radius 3 is 1.35 bits per heavy atom.